The molecule has 3 rings (SSSR count). The summed E-state index contributed by atoms with van der Waals surface area (Å²) in [6.45, 7) is 1.78. The summed E-state index contributed by atoms with van der Waals surface area (Å²) >= 11 is 7.56. The first-order valence-electron chi connectivity index (χ1n) is 5.93. The Bertz CT molecular complexity index is 852. The molecule has 2 heterocycles. The van der Waals surface area contributed by atoms with Crippen molar-refractivity contribution in [1.82, 2.24) is 14.6 Å². The van der Waals surface area contributed by atoms with E-state index in [2.05, 4.69) is 10.1 Å². The van der Waals surface area contributed by atoms with Crippen LogP contribution in [0.4, 0.5) is 0 Å². The van der Waals surface area contributed by atoms with Gasteiger partial charge in [0, 0.05) is 11.8 Å². The lowest BCUT2D eigenvalue weighted by Crippen LogP contribution is -2.14. The lowest BCUT2D eigenvalue weighted by atomic mass is 10.2. The summed E-state index contributed by atoms with van der Waals surface area (Å²) in [6.07, 6.45) is 1.82. The van der Waals surface area contributed by atoms with Gasteiger partial charge in [-0.2, -0.15) is 9.61 Å². The van der Waals surface area contributed by atoms with Crippen molar-refractivity contribution >= 4 is 39.0 Å². The van der Waals surface area contributed by atoms with E-state index in [0.29, 0.717) is 20.7 Å². The Morgan fingerprint density at radius 2 is 2.10 bits per heavy atom. The Morgan fingerprint density at radius 3 is 2.85 bits per heavy atom. The Balaban J connectivity index is 2.09. The van der Waals surface area contributed by atoms with E-state index in [0.717, 1.165) is 5.56 Å². The van der Waals surface area contributed by atoms with Crippen LogP contribution >= 0.6 is 22.9 Å². The number of aromatic nitrogens is 3. The van der Waals surface area contributed by atoms with Crippen molar-refractivity contribution in [1.29, 1.82) is 0 Å². The molecule has 0 aliphatic carbocycles. The molecule has 2 aromatic heterocycles. The minimum absolute atomic E-state index is 0.195. The van der Waals surface area contributed by atoms with Gasteiger partial charge in [0.25, 0.3) is 5.56 Å². The van der Waals surface area contributed by atoms with Crippen LogP contribution in [0, 0.1) is 6.92 Å². The lowest BCUT2D eigenvalue weighted by molar-refractivity contribution is 0.885. The van der Waals surface area contributed by atoms with Gasteiger partial charge in [-0.15, -0.1) is 0 Å². The normalized spacial score (nSPS) is 12.0. The zero-order valence-corrected chi connectivity index (χ0v) is 12.1. The van der Waals surface area contributed by atoms with Crippen LogP contribution in [0.5, 0.6) is 0 Å². The molecule has 0 saturated heterocycles. The maximum absolute atomic E-state index is 11.8. The van der Waals surface area contributed by atoms with E-state index in [1.54, 1.807) is 6.92 Å². The molecule has 100 valence electrons. The first-order valence-corrected chi connectivity index (χ1v) is 7.13. The predicted octanol–water partition coefficient (Wildman–Crippen LogP) is 3.20. The van der Waals surface area contributed by atoms with Gasteiger partial charge in [-0.05, 0) is 18.6 Å². The van der Waals surface area contributed by atoms with Crippen molar-refractivity contribution in [3.05, 3.63) is 63.0 Å². The second-order valence-corrected chi connectivity index (χ2v) is 5.60. The molecular weight excluding hydrogens is 294 g/mol. The molecular formula is C14H10ClN3OS. The summed E-state index contributed by atoms with van der Waals surface area (Å²) in [5.74, 6) is 0. The average molecular weight is 304 g/mol. The largest absolute Gasteiger partial charge is 0.275 e. The van der Waals surface area contributed by atoms with Gasteiger partial charge in [-0.3, -0.25) is 4.79 Å². The second kappa shape index (κ2) is 5.19. The van der Waals surface area contributed by atoms with E-state index in [4.69, 9.17) is 11.6 Å². The molecule has 0 N–H and O–H groups in total. The smallest absolute Gasteiger partial charge is 0.267 e. The minimum atomic E-state index is -0.195. The number of aryl methyl sites for hydroxylation is 1. The highest BCUT2D eigenvalue weighted by Crippen LogP contribution is 2.25. The molecule has 0 radical (unpaired) electrons. The average Bonchev–Trinajstić information content (AvgIpc) is 2.84. The quantitative estimate of drug-likeness (QED) is 0.730. The highest BCUT2D eigenvalue weighted by atomic mass is 35.5. The number of fused-ring (bicyclic) bond motifs is 1. The molecule has 3 aromatic rings. The molecule has 0 bridgehead atoms. The van der Waals surface area contributed by atoms with Crippen LogP contribution in [0.15, 0.2) is 41.2 Å². The molecule has 0 fully saturated rings. The summed E-state index contributed by atoms with van der Waals surface area (Å²) in [4.78, 5) is 16.6. The monoisotopic (exact) mass is 303 g/mol. The number of benzene rings is 1. The number of nitrogens with zero attached hydrogens (tertiary/aromatic N) is 3. The molecule has 0 unspecified atom stereocenters. The highest BCUT2D eigenvalue weighted by molar-refractivity contribution is 7.18. The third-order valence-electron chi connectivity index (χ3n) is 2.67. The van der Waals surface area contributed by atoms with Gasteiger partial charge in [0.1, 0.15) is 0 Å². The number of rotatable bonds is 2. The van der Waals surface area contributed by atoms with Crippen molar-refractivity contribution < 1.29 is 0 Å². The first kappa shape index (κ1) is 13.0. The summed E-state index contributed by atoms with van der Waals surface area (Å²) in [7, 11) is 0. The Labute approximate surface area is 124 Å². The number of hydrogen-bond donors (Lipinski definition) is 0. The van der Waals surface area contributed by atoms with Gasteiger partial charge in [0.05, 0.1) is 5.03 Å². The molecule has 0 spiro atoms. The number of hydrogen-bond acceptors (Lipinski definition) is 4. The van der Waals surface area contributed by atoms with Crippen LogP contribution in [-0.4, -0.2) is 14.6 Å². The van der Waals surface area contributed by atoms with Gasteiger partial charge in [0.2, 0.25) is 4.96 Å². The van der Waals surface area contributed by atoms with Gasteiger partial charge < -0.3 is 0 Å². The van der Waals surface area contributed by atoms with Gasteiger partial charge in [-0.25, -0.2) is 4.98 Å². The van der Waals surface area contributed by atoms with E-state index in [1.807, 2.05) is 36.4 Å². The molecule has 0 saturated carbocycles. The Hall–Kier alpha value is -1.98. The fourth-order valence-electron chi connectivity index (χ4n) is 1.77. The van der Waals surface area contributed by atoms with Crippen LogP contribution in [0.1, 0.15) is 16.3 Å². The zero-order valence-electron chi connectivity index (χ0n) is 10.6. The summed E-state index contributed by atoms with van der Waals surface area (Å²) < 4.78 is 1.27. The standard InChI is InChI=1S/C14H10ClN3OS/c1-9-7-12(19)18-14(16-9)20-13(17-18)11(15)8-10-5-3-2-4-6-10/h2-8H,1H3/b11-8-. The first-order chi connectivity index (χ1) is 9.63. The zero-order chi connectivity index (χ0) is 14.1. The van der Waals surface area contributed by atoms with Crippen LogP contribution in [0.25, 0.3) is 16.1 Å². The number of halogens is 1. The van der Waals surface area contributed by atoms with Crippen molar-refractivity contribution in [2.75, 3.05) is 0 Å². The fourth-order valence-corrected chi connectivity index (χ4v) is 2.91. The third-order valence-corrected chi connectivity index (χ3v) is 4.01. The van der Waals surface area contributed by atoms with Crippen LogP contribution in [-0.2, 0) is 0 Å². The molecule has 6 heteroatoms. The van der Waals surface area contributed by atoms with Crippen LogP contribution < -0.4 is 5.56 Å². The predicted molar refractivity (Wildman–Crippen MR) is 82.0 cm³/mol. The summed E-state index contributed by atoms with van der Waals surface area (Å²) in [5, 5.41) is 5.27. The SMILES string of the molecule is Cc1cc(=O)n2nc(/C(Cl)=C/c3ccccc3)sc2n1. The van der Waals surface area contributed by atoms with Crippen LogP contribution in [0.3, 0.4) is 0 Å². The lowest BCUT2D eigenvalue weighted by Gasteiger charge is -1.93. The Morgan fingerprint density at radius 1 is 1.35 bits per heavy atom. The highest BCUT2D eigenvalue weighted by Gasteiger charge is 2.10. The van der Waals surface area contributed by atoms with E-state index in [9.17, 15) is 4.79 Å². The van der Waals surface area contributed by atoms with Gasteiger partial charge >= 0.3 is 0 Å². The maximum Gasteiger partial charge on any atom is 0.275 e. The maximum atomic E-state index is 11.8. The van der Waals surface area contributed by atoms with Crippen LogP contribution in [0.2, 0.25) is 0 Å². The molecule has 0 aliphatic rings. The van der Waals surface area contributed by atoms with E-state index in [-0.39, 0.29) is 5.56 Å². The molecule has 0 aliphatic heterocycles. The molecule has 1 aromatic carbocycles. The molecule has 0 atom stereocenters. The summed E-state index contributed by atoms with van der Waals surface area (Å²) in [5.41, 5.74) is 1.46. The van der Waals surface area contributed by atoms with Gasteiger partial charge in [0.15, 0.2) is 5.01 Å². The molecule has 4 nitrogen and oxygen atoms in total. The van der Waals surface area contributed by atoms with E-state index < -0.39 is 0 Å². The third kappa shape index (κ3) is 2.50. The molecule has 20 heavy (non-hydrogen) atoms. The van der Waals surface area contributed by atoms with Gasteiger partial charge in [-0.1, -0.05) is 53.3 Å². The topological polar surface area (TPSA) is 47.3 Å². The minimum Gasteiger partial charge on any atom is -0.267 e. The Kier molecular flexibility index (Phi) is 3.38. The van der Waals surface area contributed by atoms with Crippen molar-refractivity contribution in [2.45, 2.75) is 6.92 Å². The van der Waals surface area contributed by atoms with E-state index in [1.165, 1.54) is 21.9 Å². The van der Waals surface area contributed by atoms with Crippen molar-refractivity contribution in [3.63, 3.8) is 0 Å². The van der Waals surface area contributed by atoms with Crippen molar-refractivity contribution in [2.24, 2.45) is 0 Å². The van der Waals surface area contributed by atoms with E-state index >= 15 is 0 Å². The molecule has 0 amide bonds. The van der Waals surface area contributed by atoms with Crippen molar-refractivity contribution in [3.8, 4) is 0 Å². The second-order valence-electron chi connectivity index (χ2n) is 4.24. The fraction of sp³-hybridized carbons (Fsp3) is 0.0714. The summed E-state index contributed by atoms with van der Waals surface area (Å²) in [6, 6.07) is 11.2.